The molecule has 0 aliphatic rings. The van der Waals surface area contributed by atoms with Gasteiger partial charge in [-0.15, -0.1) is 0 Å². The molecule has 1 aromatic carbocycles. The van der Waals surface area contributed by atoms with Gasteiger partial charge in [0.2, 0.25) is 0 Å². The molecular formula is C22H34N4O3. The van der Waals surface area contributed by atoms with Gasteiger partial charge in [0, 0.05) is 24.6 Å². The van der Waals surface area contributed by atoms with E-state index in [0.29, 0.717) is 19.0 Å². The molecule has 0 fully saturated rings. The maximum atomic E-state index is 5.44. The summed E-state index contributed by atoms with van der Waals surface area (Å²) in [6.07, 6.45) is 0. The van der Waals surface area contributed by atoms with Crippen LogP contribution in [0.25, 0.3) is 0 Å². The first-order valence-electron chi connectivity index (χ1n) is 10.0. The summed E-state index contributed by atoms with van der Waals surface area (Å²) in [5, 5.41) is 10.8. The summed E-state index contributed by atoms with van der Waals surface area (Å²) < 4.78 is 16.2. The molecule has 7 nitrogen and oxygen atoms in total. The molecule has 0 bridgehead atoms. The SMILES string of the molecule is CCNC(=NCc1cc(C(C)C)no1)NCC(C)(C)c1ccc(OC)c(OC)c1. The summed E-state index contributed by atoms with van der Waals surface area (Å²) in [6.45, 7) is 12.5. The highest BCUT2D eigenvalue weighted by atomic mass is 16.5. The Morgan fingerprint density at radius 3 is 2.45 bits per heavy atom. The van der Waals surface area contributed by atoms with Gasteiger partial charge in [-0.05, 0) is 30.5 Å². The Morgan fingerprint density at radius 2 is 1.86 bits per heavy atom. The van der Waals surface area contributed by atoms with E-state index in [2.05, 4.69) is 54.5 Å². The summed E-state index contributed by atoms with van der Waals surface area (Å²) in [5.41, 5.74) is 1.95. The molecule has 1 aromatic heterocycles. The largest absolute Gasteiger partial charge is 0.493 e. The molecule has 0 amide bonds. The van der Waals surface area contributed by atoms with Gasteiger partial charge >= 0.3 is 0 Å². The molecule has 2 aromatic rings. The summed E-state index contributed by atoms with van der Waals surface area (Å²) in [7, 11) is 3.29. The number of nitrogens with one attached hydrogen (secondary N) is 2. The molecule has 2 N–H and O–H groups in total. The second-order valence-electron chi connectivity index (χ2n) is 7.88. The van der Waals surface area contributed by atoms with Crippen molar-refractivity contribution in [2.24, 2.45) is 4.99 Å². The maximum absolute atomic E-state index is 5.44. The van der Waals surface area contributed by atoms with Crippen LogP contribution in [-0.4, -0.2) is 38.4 Å². The lowest BCUT2D eigenvalue weighted by Crippen LogP contribution is -2.43. The lowest BCUT2D eigenvalue weighted by molar-refractivity contribution is 0.353. The van der Waals surface area contributed by atoms with E-state index in [1.165, 1.54) is 0 Å². The van der Waals surface area contributed by atoms with Gasteiger partial charge in [-0.1, -0.05) is 38.9 Å². The predicted molar refractivity (Wildman–Crippen MR) is 116 cm³/mol. The molecular weight excluding hydrogens is 368 g/mol. The van der Waals surface area contributed by atoms with E-state index in [1.54, 1.807) is 14.2 Å². The third-order valence-electron chi connectivity index (χ3n) is 4.77. The van der Waals surface area contributed by atoms with Crippen molar-refractivity contribution < 1.29 is 14.0 Å². The van der Waals surface area contributed by atoms with E-state index in [1.807, 2.05) is 25.1 Å². The highest BCUT2D eigenvalue weighted by Gasteiger charge is 2.23. The van der Waals surface area contributed by atoms with E-state index in [0.717, 1.165) is 41.0 Å². The molecule has 0 unspecified atom stereocenters. The summed E-state index contributed by atoms with van der Waals surface area (Å²) in [5.74, 6) is 3.28. The summed E-state index contributed by atoms with van der Waals surface area (Å²) >= 11 is 0. The van der Waals surface area contributed by atoms with E-state index in [-0.39, 0.29) is 5.41 Å². The lowest BCUT2D eigenvalue weighted by Gasteiger charge is -2.27. The van der Waals surface area contributed by atoms with Crippen molar-refractivity contribution in [1.29, 1.82) is 0 Å². The van der Waals surface area contributed by atoms with Gasteiger partial charge in [-0.3, -0.25) is 0 Å². The molecule has 0 spiro atoms. The third kappa shape index (κ3) is 6.14. The molecule has 0 saturated carbocycles. The predicted octanol–water partition coefficient (Wildman–Crippen LogP) is 3.85. The maximum Gasteiger partial charge on any atom is 0.191 e. The van der Waals surface area contributed by atoms with Crippen LogP contribution in [0.5, 0.6) is 11.5 Å². The zero-order chi connectivity index (χ0) is 21.4. The lowest BCUT2D eigenvalue weighted by atomic mass is 9.84. The molecule has 0 saturated heterocycles. The quantitative estimate of drug-likeness (QED) is 0.490. The highest BCUT2D eigenvalue weighted by molar-refractivity contribution is 5.79. The number of nitrogens with zero attached hydrogens (tertiary/aromatic N) is 2. The van der Waals surface area contributed by atoms with Crippen LogP contribution in [0, 0.1) is 0 Å². The Morgan fingerprint density at radius 1 is 1.14 bits per heavy atom. The number of hydrogen-bond acceptors (Lipinski definition) is 5. The molecule has 29 heavy (non-hydrogen) atoms. The zero-order valence-electron chi connectivity index (χ0n) is 18.6. The van der Waals surface area contributed by atoms with Gasteiger partial charge in [0.25, 0.3) is 0 Å². The third-order valence-corrected chi connectivity index (χ3v) is 4.77. The van der Waals surface area contributed by atoms with Crippen molar-refractivity contribution in [3.8, 4) is 11.5 Å². The highest BCUT2D eigenvalue weighted by Crippen LogP contribution is 2.32. The minimum atomic E-state index is -0.146. The van der Waals surface area contributed by atoms with Crippen molar-refractivity contribution in [3.63, 3.8) is 0 Å². The van der Waals surface area contributed by atoms with Crippen LogP contribution in [0.1, 0.15) is 57.6 Å². The van der Waals surface area contributed by atoms with E-state index in [9.17, 15) is 0 Å². The molecule has 0 aliphatic carbocycles. The van der Waals surface area contributed by atoms with E-state index in [4.69, 9.17) is 14.0 Å². The number of guanidine groups is 1. The Kier molecular flexibility index (Phi) is 7.93. The van der Waals surface area contributed by atoms with Gasteiger partial charge in [0.1, 0.15) is 6.54 Å². The number of aromatic nitrogens is 1. The second-order valence-corrected chi connectivity index (χ2v) is 7.88. The van der Waals surface area contributed by atoms with Crippen molar-refractivity contribution in [2.45, 2.75) is 52.5 Å². The monoisotopic (exact) mass is 402 g/mol. The Labute approximate surface area is 173 Å². The molecule has 1 heterocycles. The van der Waals surface area contributed by atoms with Gasteiger partial charge in [0.05, 0.1) is 19.9 Å². The first-order chi connectivity index (χ1) is 13.8. The van der Waals surface area contributed by atoms with E-state index < -0.39 is 0 Å². The Bertz CT molecular complexity index is 812. The normalized spacial score (nSPS) is 12.2. The van der Waals surface area contributed by atoms with Crippen molar-refractivity contribution in [2.75, 3.05) is 27.3 Å². The number of ether oxygens (including phenoxy) is 2. The molecule has 0 atom stereocenters. The van der Waals surface area contributed by atoms with Gasteiger partial charge in [-0.2, -0.15) is 0 Å². The van der Waals surface area contributed by atoms with Crippen molar-refractivity contribution in [1.82, 2.24) is 15.8 Å². The van der Waals surface area contributed by atoms with Crippen LogP contribution in [0.4, 0.5) is 0 Å². The summed E-state index contributed by atoms with van der Waals surface area (Å²) in [6, 6.07) is 7.98. The Hall–Kier alpha value is -2.70. The first-order valence-corrected chi connectivity index (χ1v) is 10.0. The van der Waals surface area contributed by atoms with Gasteiger partial charge < -0.3 is 24.6 Å². The van der Waals surface area contributed by atoms with Crippen LogP contribution in [-0.2, 0) is 12.0 Å². The van der Waals surface area contributed by atoms with Crippen LogP contribution in [0.15, 0.2) is 33.8 Å². The zero-order valence-corrected chi connectivity index (χ0v) is 18.6. The van der Waals surface area contributed by atoms with Crippen LogP contribution < -0.4 is 20.1 Å². The standard InChI is InChI=1S/C22H34N4O3/c1-8-23-21(24-13-17-12-18(15(2)3)26-29-17)25-14-22(4,5)16-9-10-19(27-6)20(11-16)28-7/h9-12,15H,8,13-14H2,1-7H3,(H2,23,24,25). The van der Waals surface area contributed by atoms with Crippen LogP contribution in [0.3, 0.4) is 0 Å². The number of rotatable bonds is 9. The molecule has 160 valence electrons. The van der Waals surface area contributed by atoms with Gasteiger partial charge in [0.15, 0.2) is 23.2 Å². The topological polar surface area (TPSA) is 80.9 Å². The number of methoxy groups -OCH3 is 2. The average Bonchev–Trinajstić information content (AvgIpc) is 3.19. The van der Waals surface area contributed by atoms with E-state index >= 15 is 0 Å². The summed E-state index contributed by atoms with van der Waals surface area (Å²) in [4.78, 5) is 4.63. The minimum Gasteiger partial charge on any atom is -0.493 e. The molecule has 0 radical (unpaired) electrons. The Balaban J connectivity index is 2.07. The number of aliphatic imine (C=N–C) groups is 1. The van der Waals surface area contributed by atoms with Crippen molar-refractivity contribution >= 4 is 5.96 Å². The van der Waals surface area contributed by atoms with Crippen LogP contribution >= 0.6 is 0 Å². The molecule has 0 aliphatic heterocycles. The molecule has 2 rings (SSSR count). The van der Waals surface area contributed by atoms with Gasteiger partial charge in [-0.25, -0.2) is 4.99 Å². The van der Waals surface area contributed by atoms with Crippen molar-refractivity contribution in [3.05, 3.63) is 41.3 Å². The first kappa shape index (κ1) is 22.6. The number of hydrogen-bond donors (Lipinski definition) is 2. The van der Waals surface area contributed by atoms with Crippen LogP contribution in [0.2, 0.25) is 0 Å². The fourth-order valence-corrected chi connectivity index (χ4v) is 2.84. The minimum absolute atomic E-state index is 0.146. The fraction of sp³-hybridized carbons (Fsp3) is 0.545. The average molecular weight is 403 g/mol. The molecule has 7 heteroatoms. The smallest absolute Gasteiger partial charge is 0.191 e. The fourth-order valence-electron chi connectivity index (χ4n) is 2.84. The second kappa shape index (κ2) is 10.2. The number of benzene rings is 1.